The van der Waals surface area contributed by atoms with E-state index in [-0.39, 0.29) is 11.3 Å². The van der Waals surface area contributed by atoms with E-state index in [1.54, 1.807) is 60.7 Å². The second-order valence-corrected chi connectivity index (χ2v) is 10.3. The average Bonchev–Trinajstić information content (AvgIpc) is 3.01. The van der Waals surface area contributed by atoms with Gasteiger partial charge >= 0.3 is 23.9 Å². The van der Waals surface area contributed by atoms with E-state index in [4.69, 9.17) is 28.4 Å². The average molecular weight is 633 g/mol. The van der Waals surface area contributed by atoms with Gasteiger partial charge in [0.2, 0.25) is 0 Å². The number of nitriles is 1. The van der Waals surface area contributed by atoms with Gasteiger partial charge < -0.3 is 28.4 Å². The molecule has 0 spiro atoms. The molecule has 46 heavy (non-hydrogen) atoms. The number of aromatic nitrogens is 1. The molecule has 0 aliphatic carbocycles. The summed E-state index contributed by atoms with van der Waals surface area (Å²) >= 11 is 0. The first kappa shape index (κ1) is 33.4. The van der Waals surface area contributed by atoms with Crippen LogP contribution in [-0.2, 0) is 42.9 Å². The Hall–Kier alpha value is -5.48. The summed E-state index contributed by atoms with van der Waals surface area (Å²) in [6, 6.07) is 19.1. The Kier molecular flexibility index (Phi) is 10.6. The predicted molar refractivity (Wildman–Crippen MR) is 160 cm³/mol. The molecular formula is C33H32N2O11. The van der Waals surface area contributed by atoms with Gasteiger partial charge in [-0.3, -0.25) is 28.5 Å². The van der Waals surface area contributed by atoms with Crippen LogP contribution in [0.1, 0.15) is 39.5 Å². The molecule has 1 saturated heterocycles. The van der Waals surface area contributed by atoms with Gasteiger partial charge in [-0.05, 0) is 41.5 Å². The topological polar surface area (TPSA) is 169 Å². The molecule has 2 aromatic carbocycles. The maximum absolute atomic E-state index is 14.4. The van der Waals surface area contributed by atoms with Gasteiger partial charge in [-0.15, -0.1) is 0 Å². The molecule has 2 heterocycles. The van der Waals surface area contributed by atoms with Crippen LogP contribution in [-0.4, -0.2) is 66.6 Å². The van der Waals surface area contributed by atoms with Crippen molar-refractivity contribution in [3.05, 3.63) is 76.6 Å². The van der Waals surface area contributed by atoms with Crippen molar-refractivity contribution in [3.8, 4) is 34.2 Å². The molecule has 0 bridgehead atoms. The molecule has 0 saturated carbocycles. The van der Waals surface area contributed by atoms with Gasteiger partial charge in [-0.25, -0.2) is 0 Å². The van der Waals surface area contributed by atoms with E-state index in [1.807, 2.05) is 6.07 Å². The molecule has 1 aliphatic rings. The smallest absolute Gasteiger partial charge is 0.303 e. The summed E-state index contributed by atoms with van der Waals surface area (Å²) in [5.74, 6) is -2.62. The molecule has 0 unspecified atom stereocenters. The van der Waals surface area contributed by atoms with Crippen molar-refractivity contribution in [1.29, 1.82) is 5.26 Å². The van der Waals surface area contributed by atoms with Crippen LogP contribution in [0.15, 0.2) is 65.5 Å². The fraction of sp³-hybridized carbons (Fsp3) is 0.333. The molecular weight excluding hydrogens is 600 g/mol. The first-order valence-electron chi connectivity index (χ1n) is 14.1. The second-order valence-electron chi connectivity index (χ2n) is 10.3. The zero-order valence-corrected chi connectivity index (χ0v) is 25.8. The summed E-state index contributed by atoms with van der Waals surface area (Å²) in [4.78, 5) is 63.2. The largest absolute Gasteiger partial charge is 0.497 e. The summed E-state index contributed by atoms with van der Waals surface area (Å²) < 4.78 is 34.5. The molecule has 1 aromatic heterocycles. The lowest BCUT2D eigenvalue weighted by Gasteiger charge is -2.45. The SMILES string of the molecule is COc1ccc(-c2cc(-c3ccccc3)c(C#N)c(=O)n2[C@@H]2O[C@H](COC(C)=O)[C@@H](OC(C)=O)[C@H](OC(C)=O)[C@H]2OC(C)=O)cc1. The Balaban J connectivity index is 2.05. The van der Waals surface area contributed by atoms with Crippen molar-refractivity contribution in [2.24, 2.45) is 0 Å². The lowest BCUT2D eigenvalue weighted by atomic mass is 9.94. The quantitative estimate of drug-likeness (QED) is 0.250. The summed E-state index contributed by atoms with van der Waals surface area (Å²) in [6.07, 6.45) is -7.44. The highest BCUT2D eigenvalue weighted by Gasteiger charge is 2.53. The van der Waals surface area contributed by atoms with Crippen LogP contribution in [0, 0.1) is 11.3 Å². The third-order valence-corrected chi connectivity index (χ3v) is 7.05. The van der Waals surface area contributed by atoms with Crippen molar-refractivity contribution in [2.45, 2.75) is 58.3 Å². The van der Waals surface area contributed by atoms with Crippen molar-refractivity contribution in [3.63, 3.8) is 0 Å². The number of hydrogen-bond acceptors (Lipinski definition) is 12. The number of ether oxygens (including phenoxy) is 6. The minimum absolute atomic E-state index is 0.228. The zero-order chi connectivity index (χ0) is 33.5. The summed E-state index contributed by atoms with van der Waals surface area (Å²) in [5.41, 5.74) is 0.533. The third kappa shape index (κ3) is 7.41. The highest BCUT2D eigenvalue weighted by Crippen LogP contribution is 2.38. The van der Waals surface area contributed by atoms with E-state index < -0.39 is 66.7 Å². The lowest BCUT2D eigenvalue weighted by molar-refractivity contribution is -0.268. The summed E-state index contributed by atoms with van der Waals surface area (Å²) in [5, 5.41) is 10.2. The van der Waals surface area contributed by atoms with E-state index in [2.05, 4.69) is 0 Å². The standard InChI is InChI=1S/C33H32N2O11/c1-18(36)42-17-28-29(43-19(2)37)30(44-20(3)38)31(45-21(4)39)33(46-28)35-27(23-11-13-24(41-5)14-12-23)15-25(26(16-34)32(35)40)22-9-7-6-8-10-22/h6-15,28-31,33H,17H2,1-5H3/t28-,29-,30+,31-,33-/m1/s1. The second kappa shape index (κ2) is 14.5. The van der Waals surface area contributed by atoms with Gasteiger partial charge in [0.15, 0.2) is 24.5 Å². The van der Waals surface area contributed by atoms with Crippen LogP contribution in [0.3, 0.4) is 0 Å². The molecule has 0 amide bonds. The molecule has 0 N–H and O–H groups in total. The normalized spacial score (nSPS) is 20.5. The van der Waals surface area contributed by atoms with Crippen LogP contribution in [0.5, 0.6) is 5.75 Å². The Bertz CT molecular complexity index is 1710. The molecule has 0 radical (unpaired) electrons. The van der Waals surface area contributed by atoms with Crippen molar-refractivity contribution >= 4 is 23.9 Å². The fourth-order valence-electron chi connectivity index (χ4n) is 5.23. The molecule has 5 atom stereocenters. The maximum Gasteiger partial charge on any atom is 0.303 e. The highest BCUT2D eigenvalue weighted by molar-refractivity contribution is 5.76. The number of nitrogens with zero attached hydrogens (tertiary/aromatic N) is 2. The monoisotopic (exact) mass is 632 g/mol. The third-order valence-electron chi connectivity index (χ3n) is 7.05. The van der Waals surface area contributed by atoms with E-state index in [0.29, 0.717) is 22.4 Å². The Morgan fingerprint density at radius 1 is 0.804 bits per heavy atom. The van der Waals surface area contributed by atoms with Crippen LogP contribution in [0.25, 0.3) is 22.4 Å². The predicted octanol–water partition coefficient (Wildman–Crippen LogP) is 3.32. The molecule has 1 aliphatic heterocycles. The van der Waals surface area contributed by atoms with Crippen LogP contribution < -0.4 is 10.3 Å². The van der Waals surface area contributed by atoms with E-state index in [1.165, 1.54) is 7.11 Å². The molecule has 3 aromatic rings. The lowest BCUT2D eigenvalue weighted by Crippen LogP contribution is -2.61. The molecule has 13 heteroatoms. The van der Waals surface area contributed by atoms with E-state index in [0.717, 1.165) is 32.3 Å². The molecule has 13 nitrogen and oxygen atoms in total. The first-order valence-corrected chi connectivity index (χ1v) is 14.1. The minimum Gasteiger partial charge on any atom is -0.497 e. The Morgan fingerprint density at radius 3 is 1.93 bits per heavy atom. The Labute approximate surface area is 264 Å². The number of carbonyl (C=O) groups excluding carboxylic acids is 4. The van der Waals surface area contributed by atoms with Gasteiger partial charge in [0.1, 0.15) is 30.1 Å². The molecule has 240 valence electrons. The fourth-order valence-corrected chi connectivity index (χ4v) is 5.23. The Morgan fingerprint density at radius 2 is 1.39 bits per heavy atom. The summed E-state index contributed by atoms with van der Waals surface area (Å²) in [6.45, 7) is 3.96. The van der Waals surface area contributed by atoms with Gasteiger partial charge in [-0.1, -0.05) is 30.3 Å². The van der Waals surface area contributed by atoms with Crippen molar-refractivity contribution < 1.29 is 47.6 Å². The number of carbonyl (C=O) groups is 4. The number of benzene rings is 2. The van der Waals surface area contributed by atoms with Gasteiger partial charge in [-0.2, -0.15) is 5.26 Å². The van der Waals surface area contributed by atoms with Gasteiger partial charge in [0.25, 0.3) is 5.56 Å². The highest BCUT2D eigenvalue weighted by atomic mass is 16.7. The maximum atomic E-state index is 14.4. The number of pyridine rings is 1. The van der Waals surface area contributed by atoms with E-state index in [9.17, 15) is 29.2 Å². The first-order chi connectivity index (χ1) is 21.9. The van der Waals surface area contributed by atoms with Crippen LogP contribution in [0.2, 0.25) is 0 Å². The van der Waals surface area contributed by atoms with Crippen molar-refractivity contribution in [2.75, 3.05) is 13.7 Å². The van der Waals surface area contributed by atoms with Crippen LogP contribution in [0.4, 0.5) is 0 Å². The van der Waals surface area contributed by atoms with Crippen LogP contribution >= 0.6 is 0 Å². The van der Waals surface area contributed by atoms with Gasteiger partial charge in [0, 0.05) is 33.3 Å². The van der Waals surface area contributed by atoms with Gasteiger partial charge in [0.05, 0.1) is 12.8 Å². The van der Waals surface area contributed by atoms with E-state index >= 15 is 0 Å². The zero-order valence-electron chi connectivity index (χ0n) is 25.8. The number of methoxy groups -OCH3 is 1. The minimum atomic E-state index is -1.58. The number of rotatable bonds is 9. The molecule has 4 rings (SSSR count). The summed E-state index contributed by atoms with van der Waals surface area (Å²) in [7, 11) is 1.50. The number of esters is 4. The molecule has 1 fully saturated rings. The number of hydrogen-bond donors (Lipinski definition) is 0. The van der Waals surface area contributed by atoms with Crippen molar-refractivity contribution in [1.82, 2.24) is 4.57 Å².